The van der Waals surface area contributed by atoms with Crippen molar-refractivity contribution < 1.29 is 23.5 Å². The SMILES string of the molecule is O=C(CCC(=O)OCC(=O)c1ccc(F)cc1)Nc1cccc(Cl)c1Cl. The van der Waals surface area contributed by atoms with Crippen LogP contribution in [0.25, 0.3) is 0 Å². The molecule has 0 unspecified atom stereocenters. The summed E-state index contributed by atoms with van der Waals surface area (Å²) in [6.45, 7) is -0.480. The molecule has 2 aromatic rings. The normalized spacial score (nSPS) is 10.3. The van der Waals surface area contributed by atoms with Gasteiger partial charge in [0.1, 0.15) is 5.82 Å². The second kappa shape index (κ2) is 9.31. The van der Waals surface area contributed by atoms with Gasteiger partial charge in [-0.15, -0.1) is 0 Å². The first-order chi connectivity index (χ1) is 12.4. The average molecular weight is 398 g/mol. The Morgan fingerprint density at radius 1 is 1.00 bits per heavy atom. The first-order valence-corrected chi connectivity index (χ1v) is 8.30. The summed E-state index contributed by atoms with van der Waals surface area (Å²) in [5, 5.41) is 3.04. The maximum atomic E-state index is 12.8. The third kappa shape index (κ3) is 5.82. The lowest BCUT2D eigenvalue weighted by molar-refractivity contribution is -0.143. The van der Waals surface area contributed by atoms with Crippen molar-refractivity contribution in [3.8, 4) is 0 Å². The molecule has 0 fully saturated rings. The van der Waals surface area contributed by atoms with Crippen molar-refractivity contribution >= 4 is 46.5 Å². The highest BCUT2D eigenvalue weighted by molar-refractivity contribution is 6.43. The first-order valence-electron chi connectivity index (χ1n) is 7.55. The number of amides is 1. The van der Waals surface area contributed by atoms with E-state index in [9.17, 15) is 18.8 Å². The lowest BCUT2D eigenvalue weighted by Gasteiger charge is -2.08. The molecule has 2 rings (SSSR count). The van der Waals surface area contributed by atoms with E-state index in [0.29, 0.717) is 10.7 Å². The van der Waals surface area contributed by atoms with E-state index in [2.05, 4.69) is 5.32 Å². The van der Waals surface area contributed by atoms with Gasteiger partial charge in [0.25, 0.3) is 0 Å². The van der Waals surface area contributed by atoms with Crippen molar-refractivity contribution in [3.63, 3.8) is 0 Å². The molecule has 0 aliphatic rings. The van der Waals surface area contributed by atoms with Gasteiger partial charge in [-0.25, -0.2) is 4.39 Å². The number of halogens is 3. The Morgan fingerprint density at radius 3 is 2.38 bits per heavy atom. The van der Waals surface area contributed by atoms with Crippen molar-refractivity contribution in [1.29, 1.82) is 0 Å². The largest absolute Gasteiger partial charge is 0.457 e. The minimum atomic E-state index is -0.701. The number of carbonyl (C=O) groups excluding carboxylic acids is 3. The molecule has 0 radical (unpaired) electrons. The number of hydrogen-bond acceptors (Lipinski definition) is 4. The van der Waals surface area contributed by atoms with E-state index in [1.807, 2.05) is 0 Å². The van der Waals surface area contributed by atoms with Crippen LogP contribution < -0.4 is 5.32 Å². The molecule has 0 aromatic heterocycles. The highest BCUT2D eigenvalue weighted by Gasteiger charge is 2.13. The summed E-state index contributed by atoms with van der Waals surface area (Å²) in [4.78, 5) is 35.3. The van der Waals surface area contributed by atoms with Crippen LogP contribution in [0.1, 0.15) is 23.2 Å². The molecule has 1 N–H and O–H groups in total. The third-order valence-corrected chi connectivity index (χ3v) is 4.13. The average Bonchev–Trinajstić information content (AvgIpc) is 2.62. The van der Waals surface area contributed by atoms with Gasteiger partial charge >= 0.3 is 5.97 Å². The van der Waals surface area contributed by atoms with Crippen molar-refractivity contribution in [2.24, 2.45) is 0 Å². The van der Waals surface area contributed by atoms with Crippen molar-refractivity contribution in [3.05, 3.63) is 63.9 Å². The maximum Gasteiger partial charge on any atom is 0.306 e. The summed E-state index contributed by atoms with van der Waals surface area (Å²) in [6, 6.07) is 9.65. The van der Waals surface area contributed by atoms with Gasteiger partial charge in [-0.2, -0.15) is 0 Å². The number of rotatable bonds is 7. The molecule has 0 saturated carbocycles. The standard InChI is InChI=1S/C18H14Cl2FNO4/c19-13-2-1-3-14(18(13)20)22-16(24)8-9-17(25)26-10-15(23)11-4-6-12(21)7-5-11/h1-7H,8-10H2,(H,22,24). The fourth-order valence-electron chi connectivity index (χ4n) is 1.97. The number of benzene rings is 2. The number of ketones is 1. The molecule has 0 spiro atoms. The predicted molar refractivity (Wildman–Crippen MR) is 96.0 cm³/mol. The van der Waals surface area contributed by atoms with Crippen LogP contribution in [0.3, 0.4) is 0 Å². The zero-order chi connectivity index (χ0) is 19.1. The Labute approximate surface area is 159 Å². The molecule has 0 aliphatic heterocycles. The Hall–Kier alpha value is -2.44. The zero-order valence-electron chi connectivity index (χ0n) is 13.4. The second-order valence-electron chi connectivity index (χ2n) is 5.24. The van der Waals surface area contributed by atoms with E-state index in [1.54, 1.807) is 18.2 Å². The van der Waals surface area contributed by atoms with E-state index in [0.717, 1.165) is 12.1 Å². The number of hydrogen-bond donors (Lipinski definition) is 1. The van der Waals surface area contributed by atoms with Crippen molar-refractivity contribution in [1.82, 2.24) is 0 Å². The second-order valence-corrected chi connectivity index (χ2v) is 6.03. The lowest BCUT2D eigenvalue weighted by Crippen LogP contribution is -2.17. The summed E-state index contributed by atoms with van der Waals surface area (Å²) >= 11 is 11.8. The summed E-state index contributed by atoms with van der Waals surface area (Å²) in [7, 11) is 0. The van der Waals surface area contributed by atoms with Crippen LogP contribution in [0, 0.1) is 5.82 Å². The molecule has 8 heteroatoms. The minimum Gasteiger partial charge on any atom is -0.457 e. The molecule has 0 aliphatic carbocycles. The molecular weight excluding hydrogens is 384 g/mol. The fourth-order valence-corrected chi connectivity index (χ4v) is 2.31. The molecule has 5 nitrogen and oxygen atoms in total. The minimum absolute atomic E-state index is 0.146. The van der Waals surface area contributed by atoms with E-state index < -0.39 is 30.1 Å². The smallest absolute Gasteiger partial charge is 0.306 e. The molecule has 0 heterocycles. The fraction of sp³-hybridized carbons (Fsp3) is 0.167. The van der Waals surface area contributed by atoms with Gasteiger partial charge in [0, 0.05) is 12.0 Å². The number of carbonyl (C=O) groups is 3. The summed E-state index contributed by atoms with van der Waals surface area (Å²) < 4.78 is 17.6. The van der Waals surface area contributed by atoms with E-state index >= 15 is 0 Å². The number of Topliss-reactive ketones (excluding diaryl/α,β-unsaturated/α-hetero) is 1. The van der Waals surface area contributed by atoms with E-state index in [4.69, 9.17) is 27.9 Å². The predicted octanol–water partition coefficient (Wildman–Crippen LogP) is 4.28. The summed E-state index contributed by atoms with van der Waals surface area (Å²) in [6.07, 6.45) is -0.354. The molecule has 0 bridgehead atoms. The Morgan fingerprint density at radius 2 is 1.69 bits per heavy atom. The molecular formula is C18H14Cl2FNO4. The monoisotopic (exact) mass is 397 g/mol. The quantitative estimate of drug-likeness (QED) is 0.558. The molecule has 136 valence electrons. The van der Waals surface area contributed by atoms with Crippen LogP contribution in [0.4, 0.5) is 10.1 Å². The number of esters is 1. The molecule has 0 saturated heterocycles. The highest BCUT2D eigenvalue weighted by atomic mass is 35.5. The van der Waals surface area contributed by atoms with Crippen LogP contribution in [0.5, 0.6) is 0 Å². The summed E-state index contributed by atoms with van der Waals surface area (Å²) in [5.74, 6) is -2.08. The number of anilines is 1. The number of ether oxygens (including phenoxy) is 1. The van der Waals surface area contributed by atoms with Crippen molar-refractivity contribution in [2.75, 3.05) is 11.9 Å². The molecule has 26 heavy (non-hydrogen) atoms. The topological polar surface area (TPSA) is 72.5 Å². The van der Waals surface area contributed by atoms with Gasteiger partial charge in [-0.05, 0) is 36.4 Å². The lowest BCUT2D eigenvalue weighted by atomic mass is 10.1. The van der Waals surface area contributed by atoms with Gasteiger partial charge in [0.2, 0.25) is 5.91 Å². The zero-order valence-corrected chi connectivity index (χ0v) is 14.9. The van der Waals surface area contributed by atoms with E-state index in [1.165, 1.54) is 12.1 Å². The van der Waals surface area contributed by atoms with Gasteiger partial charge in [0.05, 0.1) is 22.2 Å². The third-order valence-electron chi connectivity index (χ3n) is 3.31. The Balaban J connectivity index is 1.76. The Bertz CT molecular complexity index is 824. The van der Waals surface area contributed by atoms with Gasteiger partial charge in [-0.3, -0.25) is 14.4 Å². The van der Waals surface area contributed by atoms with Crippen LogP contribution in [-0.2, 0) is 14.3 Å². The first kappa shape index (κ1) is 19.9. The van der Waals surface area contributed by atoms with Crippen LogP contribution in [0.15, 0.2) is 42.5 Å². The van der Waals surface area contributed by atoms with Crippen LogP contribution in [-0.4, -0.2) is 24.3 Å². The van der Waals surface area contributed by atoms with Gasteiger partial charge < -0.3 is 10.1 Å². The molecule has 2 aromatic carbocycles. The van der Waals surface area contributed by atoms with Crippen LogP contribution in [0.2, 0.25) is 10.0 Å². The van der Waals surface area contributed by atoms with E-state index in [-0.39, 0.29) is 23.4 Å². The molecule has 1 amide bonds. The maximum absolute atomic E-state index is 12.8. The number of nitrogens with one attached hydrogen (secondary N) is 1. The highest BCUT2D eigenvalue weighted by Crippen LogP contribution is 2.29. The van der Waals surface area contributed by atoms with Gasteiger partial charge in [-0.1, -0.05) is 29.3 Å². The Kier molecular flexibility index (Phi) is 7.12. The molecule has 0 atom stereocenters. The van der Waals surface area contributed by atoms with Crippen molar-refractivity contribution in [2.45, 2.75) is 12.8 Å². The summed E-state index contributed by atoms with van der Waals surface area (Å²) in [5.41, 5.74) is 0.566. The van der Waals surface area contributed by atoms with Crippen LogP contribution >= 0.6 is 23.2 Å². The van der Waals surface area contributed by atoms with Gasteiger partial charge in [0.15, 0.2) is 12.4 Å².